The van der Waals surface area contributed by atoms with Gasteiger partial charge < -0.3 is 29.5 Å². The number of rotatable bonds is 41. The maximum atomic E-state index is 12.4. The maximum Gasteiger partial charge on any atom is 0.469 e. The number of unbranched alkanes of at least 4 members (excludes halogenated alkanes) is 19. The molecule has 3 atom stereocenters. The van der Waals surface area contributed by atoms with Gasteiger partial charge >= 0.3 is 19.8 Å². The third-order valence-corrected chi connectivity index (χ3v) is 10.2. The zero-order chi connectivity index (χ0) is 42.8. The summed E-state index contributed by atoms with van der Waals surface area (Å²) in [5.74, 6) is -1.11. The molecule has 11 heteroatoms. The fourth-order valence-corrected chi connectivity index (χ4v) is 6.59. The van der Waals surface area contributed by atoms with E-state index < -0.39 is 51.3 Å². The number of hydrogen-bond acceptors (Lipinski definition) is 8. The zero-order valence-corrected chi connectivity index (χ0v) is 37.3. The Morgan fingerprint density at radius 1 is 0.534 bits per heavy atom. The molecule has 0 bridgehead atoms. The van der Waals surface area contributed by atoms with Gasteiger partial charge in [-0.3, -0.25) is 14.1 Å². The van der Waals surface area contributed by atoms with Crippen LogP contribution in [-0.4, -0.2) is 63.5 Å². The first-order chi connectivity index (χ1) is 28.1. The zero-order valence-electron chi connectivity index (χ0n) is 36.4. The maximum absolute atomic E-state index is 12.4. The summed E-state index contributed by atoms with van der Waals surface area (Å²) >= 11 is 0. The summed E-state index contributed by atoms with van der Waals surface area (Å²) in [6, 6.07) is 0. The highest BCUT2D eigenvalue weighted by Crippen LogP contribution is 2.36. The summed E-state index contributed by atoms with van der Waals surface area (Å²) in [6.07, 6.45) is 45.8. The number of carbonyl (C=O) groups is 2. The van der Waals surface area contributed by atoms with Crippen LogP contribution in [0.3, 0.4) is 0 Å². The van der Waals surface area contributed by atoms with Crippen LogP contribution in [0.15, 0.2) is 60.8 Å². The third kappa shape index (κ3) is 43.3. The van der Waals surface area contributed by atoms with Crippen LogP contribution in [0.2, 0.25) is 0 Å². The average molecular weight is 839 g/mol. The summed E-state index contributed by atoms with van der Waals surface area (Å²) < 4.78 is 26.3. The van der Waals surface area contributed by atoms with Crippen molar-refractivity contribution in [3.8, 4) is 0 Å². The fraction of sp³-hybridized carbons (Fsp3) is 0.745. The van der Waals surface area contributed by atoms with Crippen molar-refractivity contribution in [3.63, 3.8) is 0 Å². The van der Waals surface area contributed by atoms with Gasteiger partial charge in [0.05, 0.1) is 18.8 Å². The standard InChI is InChI=1S/C47H83O10P/c1-3-5-7-8-9-10-11-12-13-14-15-16-17-18-19-20-21-22-26-29-33-39-47(51)57-45(42-56-58(52,53)54)41-55-46(50)40-34-38-44(49)37-32-28-25-23-24-27-31-36-43(48)35-30-6-4-2/h12-13,24-25,27-28,31-32,36-37,43-45,48-49H,3-11,14-23,26,29-30,33-35,38-42H2,1-2H3,(H2,52,53,54)/b13-12-,27-24-,28-25-,36-31+,37-32+/t43-,44-,45+/m0/s1. The van der Waals surface area contributed by atoms with E-state index in [1.165, 1.54) is 96.3 Å². The van der Waals surface area contributed by atoms with E-state index in [4.69, 9.17) is 19.3 Å². The van der Waals surface area contributed by atoms with Crippen molar-refractivity contribution in [1.29, 1.82) is 0 Å². The van der Waals surface area contributed by atoms with E-state index in [9.17, 15) is 24.4 Å². The molecule has 336 valence electrons. The first-order valence-corrected chi connectivity index (χ1v) is 24.3. The summed E-state index contributed by atoms with van der Waals surface area (Å²) in [6.45, 7) is 3.40. The van der Waals surface area contributed by atoms with Crippen molar-refractivity contribution >= 4 is 19.8 Å². The first-order valence-electron chi connectivity index (χ1n) is 22.8. The number of phosphoric acid groups is 1. The molecular formula is C47H83O10P. The lowest BCUT2D eigenvalue weighted by Crippen LogP contribution is -2.29. The van der Waals surface area contributed by atoms with Crippen molar-refractivity contribution < 1.29 is 48.2 Å². The molecule has 0 saturated carbocycles. The monoisotopic (exact) mass is 839 g/mol. The number of aliphatic hydroxyl groups is 2. The highest BCUT2D eigenvalue weighted by atomic mass is 31.2. The molecule has 0 radical (unpaired) electrons. The second-order valence-electron chi connectivity index (χ2n) is 15.4. The lowest BCUT2D eigenvalue weighted by atomic mass is 10.0. The summed E-state index contributed by atoms with van der Waals surface area (Å²) in [4.78, 5) is 43.0. The summed E-state index contributed by atoms with van der Waals surface area (Å²) in [5.41, 5.74) is 0. The largest absolute Gasteiger partial charge is 0.469 e. The number of esters is 2. The van der Waals surface area contributed by atoms with Crippen molar-refractivity contribution in [2.45, 2.75) is 212 Å². The molecule has 0 aliphatic carbocycles. The molecule has 0 rings (SSSR count). The van der Waals surface area contributed by atoms with Crippen LogP contribution in [0.5, 0.6) is 0 Å². The van der Waals surface area contributed by atoms with Crippen LogP contribution in [0.25, 0.3) is 0 Å². The molecule has 10 nitrogen and oxygen atoms in total. The number of phosphoric ester groups is 1. The lowest BCUT2D eigenvalue weighted by Gasteiger charge is -2.18. The van der Waals surface area contributed by atoms with Gasteiger partial charge in [-0.2, -0.15) is 0 Å². The Hall–Kier alpha value is -2.33. The Bertz CT molecular complexity index is 1160. The van der Waals surface area contributed by atoms with E-state index >= 15 is 0 Å². The van der Waals surface area contributed by atoms with E-state index in [0.717, 1.165) is 44.9 Å². The van der Waals surface area contributed by atoms with Crippen LogP contribution in [0, 0.1) is 0 Å². The second kappa shape index (κ2) is 41.4. The number of ether oxygens (including phenoxy) is 2. The van der Waals surface area contributed by atoms with Gasteiger partial charge in [-0.05, 0) is 57.8 Å². The number of aliphatic hydroxyl groups excluding tert-OH is 2. The molecule has 0 saturated heterocycles. The van der Waals surface area contributed by atoms with E-state index in [1.54, 1.807) is 18.2 Å². The van der Waals surface area contributed by atoms with Crippen LogP contribution in [0.1, 0.15) is 194 Å². The normalized spacial score (nSPS) is 14.1. The Kier molecular flexibility index (Phi) is 39.7. The molecule has 0 aromatic carbocycles. The molecular weight excluding hydrogens is 755 g/mol. The van der Waals surface area contributed by atoms with Crippen LogP contribution >= 0.6 is 7.82 Å². The first kappa shape index (κ1) is 55.7. The van der Waals surface area contributed by atoms with Gasteiger partial charge in [-0.15, -0.1) is 0 Å². The molecule has 0 aromatic rings. The van der Waals surface area contributed by atoms with Gasteiger partial charge in [0.25, 0.3) is 0 Å². The van der Waals surface area contributed by atoms with E-state index in [2.05, 4.69) is 30.5 Å². The van der Waals surface area contributed by atoms with Crippen molar-refractivity contribution in [1.82, 2.24) is 0 Å². The van der Waals surface area contributed by atoms with E-state index in [1.807, 2.05) is 30.4 Å². The van der Waals surface area contributed by atoms with Crippen molar-refractivity contribution in [3.05, 3.63) is 60.8 Å². The van der Waals surface area contributed by atoms with Gasteiger partial charge in [0.1, 0.15) is 6.61 Å². The minimum absolute atomic E-state index is 0.0175. The fourth-order valence-electron chi connectivity index (χ4n) is 6.23. The number of carbonyl (C=O) groups excluding carboxylic acids is 2. The van der Waals surface area contributed by atoms with Gasteiger partial charge in [0.2, 0.25) is 0 Å². The van der Waals surface area contributed by atoms with Crippen molar-refractivity contribution in [2.75, 3.05) is 13.2 Å². The Labute approximate surface area is 352 Å². The predicted octanol–water partition coefficient (Wildman–Crippen LogP) is 12.0. The molecule has 0 fully saturated rings. The van der Waals surface area contributed by atoms with Gasteiger partial charge in [-0.1, -0.05) is 184 Å². The molecule has 0 aliphatic heterocycles. The van der Waals surface area contributed by atoms with E-state index in [-0.39, 0.29) is 12.8 Å². The number of allylic oxidation sites excluding steroid dienone is 8. The van der Waals surface area contributed by atoms with E-state index in [0.29, 0.717) is 25.7 Å². The van der Waals surface area contributed by atoms with Gasteiger partial charge in [0, 0.05) is 12.8 Å². The quantitative estimate of drug-likeness (QED) is 0.0153. The predicted molar refractivity (Wildman–Crippen MR) is 237 cm³/mol. The lowest BCUT2D eigenvalue weighted by molar-refractivity contribution is -0.161. The van der Waals surface area contributed by atoms with Crippen LogP contribution in [-0.2, 0) is 28.2 Å². The summed E-state index contributed by atoms with van der Waals surface area (Å²) in [5, 5.41) is 20.1. The highest BCUT2D eigenvalue weighted by Gasteiger charge is 2.23. The van der Waals surface area contributed by atoms with Crippen LogP contribution in [0.4, 0.5) is 0 Å². The molecule has 58 heavy (non-hydrogen) atoms. The minimum atomic E-state index is -4.81. The smallest absolute Gasteiger partial charge is 0.462 e. The Morgan fingerprint density at radius 2 is 0.983 bits per heavy atom. The molecule has 0 unspecified atom stereocenters. The third-order valence-electron chi connectivity index (χ3n) is 9.72. The SMILES string of the molecule is CCCCCCCC/C=C\CCCCCCCCCCCCCC(=O)O[C@H](COC(=O)CCC[C@@H](O)/C=C/C=C\C/C=C\C=C\[C@@H](O)CCCCC)COP(=O)(O)O. The second-order valence-corrected chi connectivity index (χ2v) is 16.7. The Morgan fingerprint density at radius 3 is 1.50 bits per heavy atom. The average Bonchev–Trinajstić information content (AvgIpc) is 3.18. The minimum Gasteiger partial charge on any atom is -0.462 e. The van der Waals surface area contributed by atoms with Gasteiger partial charge in [-0.25, -0.2) is 4.57 Å². The molecule has 0 spiro atoms. The molecule has 0 aromatic heterocycles. The van der Waals surface area contributed by atoms with Gasteiger partial charge in [0.15, 0.2) is 6.10 Å². The molecule has 0 heterocycles. The molecule has 0 aliphatic rings. The Balaban J connectivity index is 4.08. The molecule has 0 amide bonds. The topological polar surface area (TPSA) is 160 Å². The number of hydrogen-bond donors (Lipinski definition) is 4. The molecule has 4 N–H and O–H groups in total. The van der Waals surface area contributed by atoms with Crippen molar-refractivity contribution in [2.24, 2.45) is 0 Å². The highest BCUT2D eigenvalue weighted by molar-refractivity contribution is 7.46. The summed E-state index contributed by atoms with van der Waals surface area (Å²) in [7, 11) is -4.81. The van der Waals surface area contributed by atoms with Crippen LogP contribution < -0.4 is 0 Å².